The van der Waals surface area contributed by atoms with Crippen LogP contribution in [0.15, 0.2) is 49.3 Å². The molecule has 1 aliphatic heterocycles. The van der Waals surface area contributed by atoms with Crippen LogP contribution in [0.1, 0.15) is 28.9 Å². The third-order valence-corrected chi connectivity index (χ3v) is 4.18. The molecular weight excluding hydrogens is 304 g/mol. The second kappa shape index (κ2) is 6.70. The number of likely N-dealkylation sites (tertiary alicyclic amines) is 1. The fourth-order valence-electron chi connectivity index (χ4n) is 2.67. The minimum Gasteiger partial charge on any atom is -0.335 e. The highest BCUT2D eigenvalue weighted by Gasteiger charge is 2.31. The number of carbonyl (C=O) groups excluding carboxylic acids is 2. The molecule has 0 aliphatic carbocycles. The molecule has 3 rings (SSSR count). The molecule has 0 radical (unpaired) electrons. The zero-order valence-corrected chi connectivity index (χ0v) is 13.6. The summed E-state index contributed by atoms with van der Waals surface area (Å²) in [6, 6.07) is 7.72. The normalized spacial score (nSPS) is 14.1. The van der Waals surface area contributed by atoms with Gasteiger partial charge in [-0.05, 0) is 30.2 Å². The molecule has 2 heterocycles. The summed E-state index contributed by atoms with van der Waals surface area (Å²) in [5, 5.41) is 7.14. The lowest BCUT2D eigenvalue weighted by molar-refractivity contribution is -0.131. The van der Waals surface area contributed by atoms with Gasteiger partial charge >= 0.3 is 0 Å². The van der Waals surface area contributed by atoms with Crippen molar-refractivity contribution in [3.05, 3.63) is 60.4 Å². The van der Waals surface area contributed by atoms with Gasteiger partial charge in [-0.25, -0.2) is 0 Å². The standard InChI is InChI=1S/C18H20N4O2/c1-3-13-6-5-7-14(8-13)18(24)20-15-9-19-22(10-15)16-11-21(12-16)17(23)4-2/h4-10,16H,2-3,11-12H2,1H3,(H,20,24). The molecule has 0 atom stereocenters. The van der Waals surface area contributed by atoms with E-state index in [4.69, 9.17) is 0 Å². The van der Waals surface area contributed by atoms with Gasteiger partial charge in [0.25, 0.3) is 5.91 Å². The maximum Gasteiger partial charge on any atom is 0.255 e. The number of benzene rings is 1. The van der Waals surface area contributed by atoms with Crippen LogP contribution in [0.5, 0.6) is 0 Å². The number of aryl methyl sites for hydroxylation is 1. The lowest BCUT2D eigenvalue weighted by Crippen LogP contribution is -2.50. The maximum absolute atomic E-state index is 12.3. The van der Waals surface area contributed by atoms with E-state index in [1.807, 2.05) is 18.2 Å². The molecule has 0 saturated carbocycles. The summed E-state index contributed by atoms with van der Waals surface area (Å²) in [6.45, 7) is 6.75. The Bertz CT molecular complexity index is 775. The summed E-state index contributed by atoms with van der Waals surface area (Å²) in [6.07, 6.45) is 5.62. The molecule has 2 aromatic rings. The number of hydrogen-bond donors (Lipinski definition) is 1. The molecule has 6 heteroatoms. The van der Waals surface area contributed by atoms with Crippen LogP contribution in [0.3, 0.4) is 0 Å². The molecular formula is C18H20N4O2. The van der Waals surface area contributed by atoms with Crippen LogP contribution < -0.4 is 5.32 Å². The van der Waals surface area contributed by atoms with Crippen molar-refractivity contribution in [3.63, 3.8) is 0 Å². The van der Waals surface area contributed by atoms with E-state index in [-0.39, 0.29) is 17.9 Å². The Morgan fingerprint density at radius 3 is 2.92 bits per heavy atom. The number of rotatable bonds is 5. The van der Waals surface area contributed by atoms with Gasteiger partial charge < -0.3 is 10.2 Å². The van der Waals surface area contributed by atoms with Crippen LogP contribution in [-0.2, 0) is 11.2 Å². The van der Waals surface area contributed by atoms with E-state index in [0.29, 0.717) is 24.3 Å². The molecule has 2 amide bonds. The highest BCUT2D eigenvalue weighted by atomic mass is 16.2. The molecule has 1 aromatic carbocycles. The predicted octanol–water partition coefficient (Wildman–Crippen LogP) is 2.27. The summed E-state index contributed by atoms with van der Waals surface area (Å²) < 4.78 is 1.78. The minimum atomic E-state index is -0.151. The topological polar surface area (TPSA) is 67.2 Å². The zero-order chi connectivity index (χ0) is 17.1. The Kier molecular flexibility index (Phi) is 4.46. The number of carbonyl (C=O) groups is 2. The second-order valence-corrected chi connectivity index (χ2v) is 5.82. The number of aromatic nitrogens is 2. The maximum atomic E-state index is 12.3. The van der Waals surface area contributed by atoms with Gasteiger partial charge in [0.15, 0.2) is 0 Å². The average molecular weight is 324 g/mol. The van der Waals surface area contributed by atoms with Gasteiger partial charge in [-0.15, -0.1) is 0 Å². The molecule has 0 bridgehead atoms. The monoisotopic (exact) mass is 324 g/mol. The third-order valence-electron chi connectivity index (χ3n) is 4.18. The first kappa shape index (κ1) is 16.0. The number of nitrogens with zero attached hydrogens (tertiary/aromatic N) is 3. The van der Waals surface area contributed by atoms with Crippen molar-refractivity contribution in [3.8, 4) is 0 Å². The quantitative estimate of drug-likeness (QED) is 0.858. The number of hydrogen-bond acceptors (Lipinski definition) is 3. The van der Waals surface area contributed by atoms with Crippen LogP contribution in [-0.4, -0.2) is 39.6 Å². The van der Waals surface area contributed by atoms with Crippen molar-refractivity contribution in [2.45, 2.75) is 19.4 Å². The molecule has 1 aromatic heterocycles. The van der Waals surface area contributed by atoms with E-state index < -0.39 is 0 Å². The van der Waals surface area contributed by atoms with Gasteiger partial charge in [-0.2, -0.15) is 5.10 Å². The Labute approximate surface area is 140 Å². The van der Waals surface area contributed by atoms with E-state index >= 15 is 0 Å². The van der Waals surface area contributed by atoms with E-state index in [9.17, 15) is 9.59 Å². The summed E-state index contributed by atoms with van der Waals surface area (Å²) in [5.41, 5.74) is 2.41. The Morgan fingerprint density at radius 2 is 2.21 bits per heavy atom. The fourth-order valence-corrected chi connectivity index (χ4v) is 2.67. The van der Waals surface area contributed by atoms with Crippen molar-refractivity contribution in [2.24, 2.45) is 0 Å². The lowest BCUT2D eigenvalue weighted by atomic mass is 10.1. The molecule has 0 spiro atoms. The van der Waals surface area contributed by atoms with E-state index in [2.05, 4.69) is 23.9 Å². The largest absolute Gasteiger partial charge is 0.335 e. The SMILES string of the molecule is C=CC(=O)N1CC(n2cc(NC(=O)c3cccc(CC)c3)cn2)C1. The van der Waals surface area contributed by atoms with Gasteiger partial charge in [-0.3, -0.25) is 14.3 Å². The number of nitrogens with one attached hydrogen (secondary N) is 1. The first-order chi connectivity index (χ1) is 11.6. The van der Waals surface area contributed by atoms with Crippen molar-refractivity contribution in [2.75, 3.05) is 18.4 Å². The molecule has 1 saturated heterocycles. The number of anilines is 1. The molecule has 6 nitrogen and oxygen atoms in total. The highest BCUT2D eigenvalue weighted by Crippen LogP contribution is 2.22. The minimum absolute atomic E-state index is 0.0669. The summed E-state index contributed by atoms with van der Waals surface area (Å²) >= 11 is 0. The highest BCUT2D eigenvalue weighted by molar-refractivity contribution is 6.04. The molecule has 1 N–H and O–H groups in total. The smallest absolute Gasteiger partial charge is 0.255 e. The van der Waals surface area contributed by atoms with E-state index in [1.54, 1.807) is 28.0 Å². The van der Waals surface area contributed by atoms with Gasteiger partial charge in [0.05, 0.1) is 17.9 Å². The summed E-state index contributed by atoms with van der Waals surface area (Å²) in [7, 11) is 0. The molecule has 1 fully saturated rings. The van der Waals surface area contributed by atoms with Gasteiger partial charge in [-0.1, -0.05) is 25.6 Å². The third kappa shape index (κ3) is 3.22. The summed E-state index contributed by atoms with van der Waals surface area (Å²) in [5.74, 6) is -0.218. The fraction of sp³-hybridized carbons (Fsp3) is 0.278. The van der Waals surface area contributed by atoms with Crippen LogP contribution in [0.2, 0.25) is 0 Å². The molecule has 1 aliphatic rings. The first-order valence-electron chi connectivity index (χ1n) is 7.96. The Morgan fingerprint density at radius 1 is 1.42 bits per heavy atom. The second-order valence-electron chi connectivity index (χ2n) is 5.82. The van der Waals surface area contributed by atoms with Gasteiger partial charge in [0.1, 0.15) is 0 Å². The Balaban J connectivity index is 1.61. The first-order valence-corrected chi connectivity index (χ1v) is 7.96. The molecule has 24 heavy (non-hydrogen) atoms. The van der Waals surface area contributed by atoms with Crippen LogP contribution in [0, 0.1) is 0 Å². The average Bonchev–Trinajstić information content (AvgIpc) is 3.01. The van der Waals surface area contributed by atoms with Crippen LogP contribution >= 0.6 is 0 Å². The lowest BCUT2D eigenvalue weighted by Gasteiger charge is -2.38. The van der Waals surface area contributed by atoms with Crippen LogP contribution in [0.4, 0.5) is 5.69 Å². The van der Waals surface area contributed by atoms with Crippen molar-refractivity contribution < 1.29 is 9.59 Å². The van der Waals surface area contributed by atoms with Gasteiger partial charge in [0, 0.05) is 24.8 Å². The van der Waals surface area contributed by atoms with Gasteiger partial charge in [0.2, 0.25) is 5.91 Å². The predicted molar refractivity (Wildman–Crippen MR) is 91.8 cm³/mol. The van der Waals surface area contributed by atoms with E-state index in [1.165, 1.54) is 6.08 Å². The summed E-state index contributed by atoms with van der Waals surface area (Å²) in [4.78, 5) is 25.5. The van der Waals surface area contributed by atoms with E-state index in [0.717, 1.165) is 12.0 Å². The molecule has 0 unspecified atom stereocenters. The van der Waals surface area contributed by atoms with Crippen molar-refractivity contribution in [1.82, 2.24) is 14.7 Å². The van der Waals surface area contributed by atoms with Crippen molar-refractivity contribution >= 4 is 17.5 Å². The Hall–Kier alpha value is -2.89. The number of amides is 2. The van der Waals surface area contributed by atoms with Crippen molar-refractivity contribution in [1.29, 1.82) is 0 Å². The molecule has 124 valence electrons. The zero-order valence-electron chi connectivity index (χ0n) is 13.6. The van der Waals surface area contributed by atoms with Crippen LogP contribution in [0.25, 0.3) is 0 Å².